The maximum Gasteiger partial charge on any atom is 0.0429 e. The van der Waals surface area contributed by atoms with Gasteiger partial charge in [-0.2, -0.15) is 0 Å². The smallest absolute Gasteiger partial charge is 0.0429 e. The number of nitrogens with zero attached hydrogens (tertiary/aromatic N) is 1. The van der Waals surface area contributed by atoms with E-state index in [-0.39, 0.29) is 0 Å². The number of halogens is 1. The Morgan fingerprint density at radius 1 is 1.37 bits per heavy atom. The molecule has 1 fully saturated rings. The molecule has 1 aliphatic heterocycles. The Morgan fingerprint density at radius 3 is 2.84 bits per heavy atom. The second-order valence-corrected chi connectivity index (χ2v) is 6.16. The van der Waals surface area contributed by atoms with E-state index in [9.17, 15) is 0 Å². The predicted molar refractivity (Wildman–Crippen MR) is 84.0 cm³/mol. The van der Waals surface area contributed by atoms with E-state index >= 15 is 0 Å². The van der Waals surface area contributed by atoms with E-state index in [1.807, 2.05) is 6.07 Å². The highest BCUT2D eigenvalue weighted by molar-refractivity contribution is 6.30. The maximum atomic E-state index is 6.20. The summed E-state index contributed by atoms with van der Waals surface area (Å²) in [5.41, 5.74) is 2.67. The highest BCUT2D eigenvalue weighted by Gasteiger charge is 2.24. The van der Waals surface area contributed by atoms with Crippen LogP contribution < -0.4 is 10.2 Å². The van der Waals surface area contributed by atoms with Crippen LogP contribution in [0.2, 0.25) is 5.02 Å². The van der Waals surface area contributed by atoms with E-state index in [2.05, 4.69) is 43.1 Å². The molecular formula is C16H25ClN2. The maximum absolute atomic E-state index is 6.20. The van der Waals surface area contributed by atoms with E-state index in [1.165, 1.54) is 24.1 Å². The Kier molecular flexibility index (Phi) is 5.12. The fraction of sp³-hybridized carbons (Fsp3) is 0.625. The third-order valence-corrected chi connectivity index (χ3v) is 4.30. The van der Waals surface area contributed by atoms with Crippen LogP contribution in [0.1, 0.15) is 39.2 Å². The Balaban J connectivity index is 2.23. The van der Waals surface area contributed by atoms with Gasteiger partial charge in [0, 0.05) is 29.8 Å². The molecule has 2 unspecified atom stereocenters. The van der Waals surface area contributed by atoms with Crippen molar-refractivity contribution in [1.82, 2.24) is 5.32 Å². The summed E-state index contributed by atoms with van der Waals surface area (Å²) in [7, 11) is 0. The summed E-state index contributed by atoms with van der Waals surface area (Å²) in [5.74, 6) is 0.836. The first kappa shape index (κ1) is 14.7. The van der Waals surface area contributed by atoms with E-state index in [4.69, 9.17) is 11.6 Å². The van der Waals surface area contributed by atoms with Gasteiger partial charge in [-0.05, 0) is 49.9 Å². The fourth-order valence-electron chi connectivity index (χ4n) is 2.98. The van der Waals surface area contributed by atoms with Gasteiger partial charge in [-0.1, -0.05) is 31.5 Å². The average molecular weight is 281 g/mol. The lowest BCUT2D eigenvalue weighted by Gasteiger charge is -2.39. The SMILES string of the molecule is CCNCc1ccc(Cl)cc1N1CCC(C)CC1C. The summed E-state index contributed by atoms with van der Waals surface area (Å²) >= 11 is 6.20. The molecule has 2 nitrogen and oxygen atoms in total. The molecule has 3 heteroatoms. The Hall–Kier alpha value is -0.730. The minimum Gasteiger partial charge on any atom is -0.369 e. The number of benzene rings is 1. The Labute approximate surface area is 122 Å². The molecule has 1 aromatic carbocycles. The second kappa shape index (κ2) is 6.62. The van der Waals surface area contributed by atoms with Crippen LogP contribution in [0.15, 0.2) is 18.2 Å². The van der Waals surface area contributed by atoms with Crippen LogP contribution in [0.3, 0.4) is 0 Å². The van der Waals surface area contributed by atoms with Crippen molar-refractivity contribution in [1.29, 1.82) is 0 Å². The quantitative estimate of drug-likeness (QED) is 0.894. The van der Waals surface area contributed by atoms with Crippen LogP contribution >= 0.6 is 11.6 Å². The molecule has 0 radical (unpaired) electrons. The number of hydrogen-bond acceptors (Lipinski definition) is 2. The molecule has 106 valence electrons. The first-order valence-electron chi connectivity index (χ1n) is 7.37. The zero-order valence-electron chi connectivity index (χ0n) is 12.2. The molecule has 1 aliphatic rings. The van der Waals surface area contributed by atoms with Gasteiger partial charge in [0.25, 0.3) is 0 Å². The lowest BCUT2D eigenvalue weighted by atomic mass is 9.92. The normalized spacial score (nSPS) is 23.7. The number of anilines is 1. The van der Waals surface area contributed by atoms with Gasteiger partial charge in [-0.15, -0.1) is 0 Å². The summed E-state index contributed by atoms with van der Waals surface area (Å²) in [6, 6.07) is 6.88. The minimum atomic E-state index is 0.600. The van der Waals surface area contributed by atoms with Crippen LogP contribution in [-0.2, 0) is 6.54 Å². The van der Waals surface area contributed by atoms with Gasteiger partial charge in [0.05, 0.1) is 0 Å². The molecule has 1 saturated heterocycles. The first-order chi connectivity index (χ1) is 9.11. The molecular weight excluding hydrogens is 256 g/mol. The van der Waals surface area contributed by atoms with Crippen molar-refractivity contribution in [3.05, 3.63) is 28.8 Å². The zero-order valence-corrected chi connectivity index (χ0v) is 13.0. The molecule has 1 aromatic rings. The zero-order chi connectivity index (χ0) is 13.8. The monoisotopic (exact) mass is 280 g/mol. The van der Waals surface area contributed by atoms with Crippen LogP contribution in [-0.4, -0.2) is 19.1 Å². The number of piperidine rings is 1. The van der Waals surface area contributed by atoms with Crippen molar-refractivity contribution in [2.45, 2.75) is 46.2 Å². The summed E-state index contributed by atoms with van der Waals surface area (Å²) in [4.78, 5) is 2.53. The molecule has 1 N–H and O–H groups in total. The molecule has 0 bridgehead atoms. The summed E-state index contributed by atoms with van der Waals surface area (Å²) in [6.07, 6.45) is 2.55. The van der Waals surface area contributed by atoms with Crippen molar-refractivity contribution in [2.75, 3.05) is 18.0 Å². The van der Waals surface area contributed by atoms with E-state index in [1.54, 1.807) is 0 Å². The molecule has 19 heavy (non-hydrogen) atoms. The highest BCUT2D eigenvalue weighted by Crippen LogP contribution is 2.32. The highest BCUT2D eigenvalue weighted by atomic mass is 35.5. The van der Waals surface area contributed by atoms with Crippen molar-refractivity contribution in [2.24, 2.45) is 5.92 Å². The average Bonchev–Trinajstić information content (AvgIpc) is 2.37. The molecule has 0 aromatic heterocycles. The second-order valence-electron chi connectivity index (χ2n) is 5.73. The minimum absolute atomic E-state index is 0.600. The molecule has 2 atom stereocenters. The first-order valence-corrected chi connectivity index (χ1v) is 7.75. The number of nitrogens with one attached hydrogen (secondary N) is 1. The largest absolute Gasteiger partial charge is 0.369 e. The van der Waals surface area contributed by atoms with Gasteiger partial charge in [-0.3, -0.25) is 0 Å². The van der Waals surface area contributed by atoms with E-state index < -0.39 is 0 Å². The summed E-state index contributed by atoms with van der Waals surface area (Å²) in [5, 5.41) is 4.25. The van der Waals surface area contributed by atoms with E-state index in [0.29, 0.717) is 6.04 Å². The summed E-state index contributed by atoms with van der Waals surface area (Å²) in [6.45, 7) is 9.87. The third-order valence-electron chi connectivity index (χ3n) is 4.06. The number of rotatable bonds is 4. The van der Waals surface area contributed by atoms with Crippen LogP contribution in [0, 0.1) is 5.92 Å². The molecule has 0 saturated carbocycles. The standard InChI is InChI=1S/C16H25ClN2/c1-4-18-11-14-5-6-15(17)10-16(14)19-8-7-12(2)9-13(19)3/h5-6,10,12-13,18H,4,7-9,11H2,1-3H3. The van der Waals surface area contributed by atoms with E-state index in [0.717, 1.165) is 30.6 Å². The van der Waals surface area contributed by atoms with Crippen LogP contribution in [0.5, 0.6) is 0 Å². The van der Waals surface area contributed by atoms with Crippen molar-refractivity contribution in [3.63, 3.8) is 0 Å². The van der Waals surface area contributed by atoms with Crippen molar-refractivity contribution < 1.29 is 0 Å². The molecule has 2 rings (SSSR count). The summed E-state index contributed by atoms with van der Waals surface area (Å²) < 4.78 is 0. The topological polar surface area (TPSA) is 15.3 Å². The predicted octanol–water partition coefficient (Wildman–Crippen LogP) is 4.07. The van der Waals surface area contributed by atoms with Crippen molar-refractivity contribution >= 4 is 17.3 Å². The third kappa shape index (κ3) is 3.64. The van der Waals surface area contributed by atoms with Gasteiger partial charge in [0.1, 0.15) is 0 Å². The molecule has 0 spiro atoms. The Bertz CT molecular complexity index is 419. The van der Waals surface area contributed by atoms with Crippen LogP contribution in [0.4, 0.5) is 5.69 Å². The molecule has 1 heterocycles. The number of hydrogen-bond donors (Lipinski definition) is 1. The lowest BCUT2D eigenvalue weighted by Crippen LogP contribution is -2.41. The van der Waals surface area contributed by atoms with Crippen LogP contribution in [0.25, 0.3) is 0 Å². The van der Waals surface area contributed by atoms with Gasteiger partial charge < -0.3 is 10.2 Å². The molecule has 0 aliphatic carbocycles. The Morgan fingerprint density at radius 2 is 2.16 bits per heavy atom. The van der Waals surface area contributed by atoms with Crippen molar-refractivity contribution in [3.8, 4) is 0 Å². The van der Waals surface area contributed by atoms with Gasteiger partial charge >= 0.3 is 0 Å². The molecule has 0 amide bonds. The lowest BCUT2D eigenvalue weighted by molar-refractivity contribution is 0.377. The van der Waals surface area contributed by atoms with Gasteiger partial charge in [0.15, 0.2) is 0 Å². The van der Waals surface area contributed by atoms with Gasteiger partial charge in [0.2, 0.25) is 0 Å². The van der Waals surface area contributed by atoms with Gasteiger partial charge in [-0.25, -0.2) is 0 Å². The fourth-order valence-corrected chi connectivity index (χ4v) is 3.15.